The Balaban J connectivity index is 0.00000387. The van der Waals surface area contributed by atoms with Gasteiger partial charge in [-0.1, -0.05) is 32.6 Å². The Morgan fingerprint density at radius 1 is 1.07 bits per heavy atom. The van der Waals surface area contributed by atoms with Gasteiger partial charge in [0.15, 0.2) is 0 Å². The number of benzene rings is 1. The van der Waals surface area contributed by atoms with Crippen LogP contribution < -0.4 is 5.32 Å². The third-order valence-electron chi connectivity index (χ3n) is 9.57. The second-order valence-electron chi connectivity index (χ2n) is 12.1. The molecule has 1 aliphatic carbocycles. The Hall–Kier alpha value is -2.62. The van der Waals surface area contributed by atoms with Gasteiger partial charge in [-0.05, 0) is 76.1 Å². The summed E-state index contributed by atoms with van der Waals surface area (Å²) in [5, 5.41) is 28.6. The Kier molecular flexibility index (Phi) is 10.0. The highest BCUT2D eigenvalue weighted by Crippen LogP contribution is 2.37. The summed E-state index contributed by atoms with van der Waals surface area (Å²) in [5.74, 6) is 0.0818. The fraction of sp³-hybridized carbons (Fsp3) is 0.645. The molecule has 2 aromatic rings. The first kappa shape index (κ1) is 31.3. The molecule has 3 aliphatic rings. The summed E-state index contributed by atoms with van der Waals surface area (Å²) < 4.78 is 1.91. The molecule has 0 unspecified atom stereocenters. The summed E-state index contributed by atoms with van der Waals surface area (Å²) in [7, 11) is 0. The van der Waals surface area contributed by atoms with Crippen molar-refractivity contribution in [3.63, 3.8) is 0 Å². The molecule has 5 rings (SSSR count). The molecular weight excluding hydrogens is 542 g/mol. The maximum atomic E-state index is 13.9. The highest BCUT2D eigenvalue weighted by molar-refractivity contribution is 6.00. The van der Waals surface area contributed by atoms with Crippen molar-refractivity contribution in [2.45, 2.75) is 103 Å². The summed E-state index contributed by atoms with van der Waals surface area (Å²) in [6, 6.07) is 6.19. The van der Waals surface area contributed by atoms with Crippen molar-refractivity contribution in [1.29, 1.82) is 0 Å². The van der Waals surface area contributed by atoms with Gasteiger partial charge in [0, 0.05) is 37.4 Å². The molecule has 0 radical (unpaired) electrons. The van der Waals surface area contributed by atoms with Crippen molar-refractivity contribution in [3.8, 4) is 11.4 Å². The van der Waals surface area contributed by atoms with Gasteiger partial charge in [-0.2, -0.15) is 5.10 Å². The van der Waals surface area contributed by atoms with E-state index in [4.69, 9.17) is 5.10 Å². The average Bonchev–Trinajstić information content (AvgIpc) is 3.25. The number of carbonyl (C=O) groups is 2. The van der Waals surface area contributed by atoms with E-state index in [0.717, 1.165) is 67.7 Å². The number of piperazine rings is 1. The van der Waals surface area contributed by atoms with Crippen LogP contribution in [0.25, 0.3) is 5.69 Å². The Morgan fingerprint density at radius 3 is 2.37 bits per heavy atom. The third-order valence-corrected chi connectivity index (χ3v) is 9.57. The highest BCUT2D eigenvalue weighted by atomic mass is 35.5. The number of unbranched alkanes of at least 4 members (excludes halogenated alkanes) is 1. The summed E-state index contributed by atoms with van der Waals surface area (Å²) in [6.45, 7) is 8.84. The van der Waals surface area contributed by atoms with Crippen LogP contribution in [0.15, 0.2) is 24.3 Å². The first-order valence-electron chi connectivity index (χ1n) is 15.1. The number of aryl methyl sites for hydroxylation is 1. The highest BCUT2D eigenvalue weighted by Gasteiger charge is 2.55. The van der Waals surface area contributed by atoms with Gasteiger partial charge in [0.2, 0.25) is 11.8 Å². The van der Waals surface area contributed by atoms with E-state index in [1.165, 1.54) is 6.42 Å². The quantitative estimate of drug-likeness (QED) is 0.430. The number of rotatable bonds is 8. The van der Waals surface area contributed by atoms with E-state index < -0.39 is 17.7 Å². The summed E-state index contributed by atoms with van der Waals surface area (Å²) >= 11 is 0. The average molecular weight is 588 g/mol. The van der Waals surface area contributed by atoms with Crippen LogP contribution in [0, 0.1) is 19.8 Å². The summed E-state index contributed by atoms with van der Waals surface area (Å²) in [6.07, 6.45) is 7.25. The zero-order chi connectivity index (χ0) is 28.4. The second kappa shape index (κ2) is 13.1. The molecule has 2 aliphatic heterocycles. The van der Waals surface area contributed by atoms with Crippen molar-refractivity contribution in [2.75, 3.05) is 19.6 Å². The first-order valence-corrected chi connectivity index (χ1v) is 15.1. The minimum Gasteiger partial charge on any atom is -0.508 e. The lowest BCUT2D eigenvalue weighted by atomic mass is 9.78. The second-order valence-corrected chi connectivity index (χ2v) is 12.1. The molecular formula is C31H46ClN5O4. The summed E-state index contributed by atoms with van der Waals surface area (Å²) in [5.41, 5.74) is 3.22. The largest absolute Gasteiger partial charge is 0.508 e. The zero-order valence-electron chi connectivity index (χ0n) is 24.6. The van der Waals surface area contributed by atoms with Crippen LogP contribution in [-0.4, -0.2) is 78.9 Å². The lowest BCUT2D eigenvalue weighted by Crippen LogP contribution is -2.75. The van der Waals surface area contributed by atoms with Gasteiger partial charge in [0.05, 0.1) is 17.5 Å². The monoisotopic (exact) mass is 587 g/mol. The van der Waals surface area contributed by atoms with Crippen molar-refractivity contribution < 1.29 is 19.8 Å². The zero-order valence-corrected chi connectivity index (χ0v) is 25.5. The van der Waals surface area contributed by atoms with E-state index in [1.54, 1.807) is 12.1 Å². The SMILES string of the molecule is CCCCN1C(=O)[C@@H]([C@H](O)C2CCCCC2)NC(=O)C12CCN(Cc1c(C)nn(-c3ccc(O)cc3)c1C)CC2.Cl. The molecule has 41 heavy (non-hydrogen) atoms. The Bertz CT molecular complexity index is 1200. The molecule has 226 valence electrons. The third kappa shape index (κ3) is 6.13. The van der Waals surface area contributed by atoms with Crippen LogP contribution in [0.1, 0.15) is 81.7 Å². The fourth-order valence-electron chi connectivity index (χ4n) is 7.01. The number of likely N-dealkylation sites (tertiary alicyclic amines) is 1. The van der Waals surface area contributed by atoms with Gasteiger partial charge < -0.3 is 20.4 Å². The number of nitrogens with one attached hydrogen (secondary N) is 1. The van der Waals surface area contributed by atoms with Gasteiger partial charge in [0.1, 0.15) is 17.3 Å². The fourth-order valence-corrected chi connectivity index (χ4v) is 7.01. The van der Waals surface area contributed by atoms with Gasteiger partial charge in [-0.3, -0.25) is 14.5 Å². The number of phenols is 1. The number of nitrogens with zero attached hydrogens (tertiary/aromatic N) is 4. The van der Waals surface area contributed by atoms with Crippen molar-refractivity contribution in [1.82, 2.24) is 24.9 Å². The number of hydrogen-bond donors (Lipinski definition) is 3. The topological polar surface area (TPSA) is 111 Å². The van der Waals surface area contributed by atoms with Crippen LogP contribution >= 0.6 is 12.4 Å². The molecule has 9 nitrogen and oxygen atoms in total. The smallest absolute Gasteiger partial charge is 0.248 e. The van der Waals surface area contributed by atoms with Gasteiger partial charge in [-0.25, -0.2) is 4.68 Å². The van der Waals surface area contributed by atoms with Gasteiger partial charge in [0.25, 0.3) is 0 Å². The molecule has 1 spiro atoms. The molecule has 10 heteroatoms. The van der Waals surface area contributed by atoms with E-state index in [-0.39, 0.29) is 35.9 Å². The van der Waals surface area contributed by atoms with Crippen molar-refractivity contribution >= 4 is 24.2 Å². The number of aliphatic hydroxyl groups excluding tert-OH is 1. The van der Waals surface area contributed by atoms with E-state index >= 15 is 0 Å². The number of piperidine rings is 1. The van der Waals surface area contributed by atoms with Crippen LogP contribution in [0.3, 0.4) is 0 Å². The number of hydrogen-bond acceptors (Lipinski definition) is 6. The molecule has 2 atom stereocenters. The Morgan fingerprint density at radius 2 is 1.73 bits per heavy atom. The van der Waals surface area contributed by atoms with Gasteiger partial charge in [-0.15, -0.1) is 12.4 Å². The van der Waals surface area contributed by atoms with E-state index in [0.29, 0.717) is 32.5 Å². The number of aromatic hydroxyl groups is 1. The van der Waals surface area contributed by atoms with E-state index in [2.05, 4.69) is 24.1 Å². The normalized spacial score (nSPS) is 22.4. The molecule has 2 saturated heterocycles. The predicted molar refractivity (Wildman–Crippen MR) is 160 cm³/mol. The number of halogens is 1. The lowest BCUT2D eigenvalue weighted by Gasteiger charge is -2.52. The standard InChI is InChI=1S/C31H45N5O4.ClH/c1-4-5-17-35-29(39)27(28(38)23-9-7-6-8-10-23)32-30(40)31(35)15-18-34(19-16-31)20-26-21(2)33-36(22(26)3)24-11-13-25(37)14-12-24;/h11-14,23,27-28,37-38H,4-10,15-20H2,1-3H3,(H,32,40);1H/t27-,28-;/m1./s1. The van der Waals surface area contributed by atoms with Crippen LogP contribution in [0.2, 0.25) is 0 Å². The Labute approximate surface area is 249 Å². The maximum absolute atomic E-state index is 13.9. The molecule has 2 amide bonds. The van der Waals surface area contributed by atoms with Crippen molar-refractivity contribution in [3.05, 3.63) is 41.2 Å². The number of aliphatic hydroxyl groups is 1. The van der Waals surface area contributed by atoms with E-state index in [1.807, 2.05) is 28.6 Å². The van der Waals surface area contributed by atoms with Crippen molar-refractivity contribution in [2.24, 2.45) is 5.92 Å². The predicted octanol–water partition coefficient (Wildman–Crippen LogP) is 4.02. The molecule has 3 N–H and O–H groups in total. The molecule has 1 saturated carbocycles. The van der Waals surface area contributed by atoms with Crippen LogP contribution in [-0.2, 0) is 16.1 Å². The number of amides is 2. The summed E-state index contributed by atoms with van der Waals surface area (Å²) in [4.78, 5) is 31.8. The number of phenolic OH excluding ortho intramolecular Hbond substituents is 1. The molecule has 1 aromatic carbocycles. The first-order chi connectivity index (χ1) is 19.2. The van der Waals surface area contributed by atoms with E-state index in [9.17, 15) is 19.8 Å². The minimum absolute atomic E-state index is 0. The number of aromatic nitrogens is 2. The molecule has 3 fully saturated rings. The minimum atomic E-state index is -0.855. The maximum Gasteiger partial charge on any atom is 0.248 e. The van der Waals surface area contributed by atoms with Gasteiger partial charge >= 0.3 is 0 Å². The lowest BCUT2D eigenvalue weighted by molar-refractivity contribution is -0.166. The molecule has 3 heterocycles. The van der Waals surface area contributed by atoms with Crippen LogP contribution in [0.4, 0.5) is 0 Å². The van der Waals surface area contributed by atoms with Crippen LogP contribution in [0.5, 0.6) is 5.75 Å². The molecule has 0 bridgehead atoms. The molecule has 1 aromatic heterocycles. The number of carbonyl (C=O) groups excluding carboxylic acids is 2.